The Morgan fingerprint density at radius 3 is 2.75 bits per heavy atom. The van der Waals surface area contributed by atoms with Gasteiger partial charge in [0, 0.05) is 6.04 Å². The van der Waals surface area contributed by atoms with Crippen molar-refractivity contribution < 1.29 is 5.11 Å². The van der Waals surface area contributed by atoms with Crippen molar-refractivity contribution in [3.8, 4) is 0 Å². The topological polar surface area (TPSA) is 38.0 Å². The smallest absolute Gasteiger partial charge is 0.122 e. The van der Waals surface area contributed by atoms with Crippen molar-refractivity contribution in [2.75, 3.05) is 0 Å². The lowest BCUT2D eigenvalue weighted by Crippen LogP contribution is -2.12. The van der Waals surface area contributed by atoms with Gasteiger partial charge in [0.15, 0.2) is 0 Å². The summed E-state index contributed by atoms with van der Waals surface area (Å²) in [6, 6.07) is 8.35. The van der Waals surface area contributed by atoms with Crippen LogP contribution in [-0.2, 0) is 0 Å². The van der Waals surface area contributed by atoms with Crippen molar-refractivity contribution in [1.29, 1.82) is 0 Å². The van der Waals surface area contributed by atoms with Crippen LogP contribution >= 0.6 is 11.6 Å². The number of nitrogens with zero attached hydrogens (tertiary/aromatic N) is 2. The largest absolute Gasteiger partial charge is 0.382 e. The fourth-order valence-corrected chi connectivity index (χ4v) is 2.81. The predicted molar refractivity (Wildman–Crippen MR) is 80.1 cm³/mol. The summed E-state index contributed by atoms with van der Waals surface area (Å²) in [5.74, 6) is 0.674. The maximum absolute atomic E-state index is 10.7. The van der Waals surface area contributed by atoms with E-state index in [0.717, 1.165) is 5.56 Å². The van der Waals surface area contributed by atoms with E-state index >= 15 is 0 Å². The lowest BCUT2D eigenvalue weighted by Gasteiger charge is -2.17. The Hall–Kier alpha value is -1.32. The average Bonchev–Trinajstić information content (AvgIpc) is 3.21. The van der Waals surface area contributed by atoms with E-state index in [9.17, 15) is 5.11 Å². The van der Waals surface area contributed by atoms with E-state index in [1.807, 2.05) is 26.0 Å². The first kappa shape index (κ1) is 13.7. The molecule has 1 unspecified atom stereocenters. The lowest BCUT2D eigenvalue weighted by molar-refractivity contribution is 0.205. The molecule has 0 radical (unpaired) electrons. The van der Waals surface area contributed by atoms with Crippen molar-refractivity contribution in [2.45, 2.75) is 44.8 Å². The quantitative estimate of drug-likeness (QED) is 0.921. The first-order chi connectivity index (χ1) is 9.58. The number of hydrogen-bond acceptors (Lipinski definition) is 2. The Labute approximate surface area is 124 Å². The molecule has 1 fully saturated rings. The molecule has 1 aromatic heterocycles. The van der Waals surface area contributed by atoms with Crippen molar-refractivity contribution >= 4 is 11.6 Å². The van der Waals surface area contributed by atoms with E-state index in [-0.39, 0.29) is 6.04 Å². The lowest BCUT2D eigenvalue weighted by atomic mass is 10.0. The van der Waals surface area contributed by atoms with Gasteiger partial charge in [-0.25, -0.2) is 0 Å². The zero-order chi connectivity index (χ0) is 14.3. The molecular formula is C16H19ClN2O. The Kier molecular flexibility index (Phi) is 3.57. The number of aliphatic hydroxyl groups is 1. The van der Waals surface area contributed by atoms with Crippen LogP contribution in [0.25, 0.3) is 0 Å². The number of benzene rings is 1. The Morgan fingerprint density at radius 1 is 1.35 bits per heavy atom. The minimum Gasteiger partial charge on any atom is -0.382 e. The molecule has 2 aromatic rings. The summed E-state index contributed by atoms with van der Waals surface area (Å²) >= 11 is 6.21. The molecule has 0 aliphatic heterocycles. The first-order valence-corrected chi connectivity index (χ1v) is 7.46. The Balaban J connectivity index is 1.97. The third-order valence-corrected chi connectivity index (χ3v) is 4.10. The van der Waals surface area contributed by atoms with Gasteiger partial charge in [-0.15, -0.1) is 0 Å². The molecule has 1 saturated carbocycles. The Bertz CT molecular complexity index is 617. The summed E-state index contributed by atoms with van der Waals surface area (Å²) in [6.45, 7) is 4.06. The van der Waals surface area contributed by atoms with Gasteiger partial charge >= 0.3 is 0 Å². The molecule has 0 spiro atoms. The summed E-state index contributed by atoms with van der Waals surface area (Å²) in [7, 11) is 0. The second-order valence-electron chi connectivity index (χ2n) is 5.76. The van der Waals surface area contributed by atoms with Gasteiger partial charge in [0.2, 0.25) is 0 Å². The number of rotatable bonds is 4. The SMILES string of the molecule is CC(C)n1ncc(Cl)c1C(O)c1cccc(C2CC2)c1. The molecule has 1 aliphatic carbocycles. The molecule has 1 aromatic carbocycles. The molecule has 106 valence electrons. The predicted octanol–water partition coefficient (Wildman–Crippen LogP) is 4.08. The summed E-state index contributed by atoms with van der Waals surface area (Å²) in [4.78, 5) is 0. The second-order valence-corrected chi connectivity index (χ2v) is 6.17. The number of aliphatic hydroxyl groups excluding tert-OH is 1. The molecule has 1 heterocycles. The number of halogens is 1. The minimum atomic E-state index is -0.730. The van der Waals surface area contributed by atoms with Crippen LogP contribution in [-0.4, -0.2) is 14.9 Å². The van der Waals surface area contributed by atoms with Crippen LogP contribution in [0, 0.1) is 0 Å². The van der Waals surface area contributed by atoms with Gasteiger partial charge in [0.25, 0.3) is 0 Å². The summed E-state index contributed by atoms with van der Waals surface area (Å²) in [5.41, 5.74) is 2.88. The highest BCUT2D eigenvalue weighted by molar-refractivity contribution is 6.31. The molecule has 4 heteroatoms. The van der Waals surface area contributed by atoms with Gasteiger partial charge in [0.1, 0.15) is 6.10 Å². The standard InChI is InChI=1S/C16H19ClN2O/c1-10(2)19-15(14(17)9-18-19)16(20)13-5-3-4-12(8-13)11-6-7-11/h3-5,8-11,16,20H,6-7H2,1-2H3. The third kappa shape index (κ3) is 2.48. The summed E-state index contributed by atoms with van der Waals surface area (Å²) in [6.07, 6.45) is 3.38. The second kappa shape index (κ2) is 5.23. The van der Waals surface area contributed by atoms with Gasteiger partial charge in [-0.1, -0.05) is 35.9 Å². The minimum absolute atomic E-state index is 0.166. The van der Waals surface area contributed by atoms with Crippen LogP contribution < -0.4 is 0 Å². The molecule has 1 aliphatic rings. The van der Waals surface area contributed by atoms with Gasteiger partial charge in [-0.2, -0.15) is 5.10 Å². The van der Waals surface area contributed by atoms with Crippen LogP contribution in [0.15, 0.2) is 30.5 Å². The van der Waals surface area contributed by atoms with Gasteiger partial charge in [-0.05, 0) is 43.7 Å². The molecule has 3 rings (SSSR count). The molecular weight excluding hydrogens is 272 g/mol. The normalized spacial score (nSPS) is 16.6. The highest BCUT2D eigenvalue weighted by atomic mass is 35.5. The molecule has 20 heavy (non-hydrogen) atoms. The van der Waals surface area contributed by atoms with E-state index in [4.69, 9.17) is 11.6 Å². The fraction of sp³-hybridized carbons (Fsp3) is 0.438. The van der Waals surface area contributed by atoms with Crippen molar-refractivity contribution in [3.05, 3.63) is 52.3 Å². The zero-order valence-corrected chi connectivity index (χ0v) is 12.5. The first-order valence-electron chi connectivity index (χ1n) is 7.08. The third-order valence-electron chi connectivity index (χ3n) is 3.81. The average molecular weight is 291 g/mol. The highest BCUT2D eigenvalue weighted by Crippen LogP contribution is 2.41. The molecule has 0 bridgehead atoms. The van der Waals surface area contributed by atoms with Gasteiger partial charge in [0.05, 0.1) is 16.9 Å². The van der Waals surface area contributed by atoms with Crippen LogP contribution in [0.3, 0.4) is 0 Å². The molecule has 1 atom stereocenters. The van der Waals surface area contributed by atoms with E-state index in [1.54, 1.807) is 10.9 Å². The van der Waals surface area contributed by atoms with E-state index in [1.165, 1.54) is 18.4 Å². The fourth-order valence-electron chi connectivity index (χ4n) is 2.58. The van der Waals surface area contributed by atoms with Crippen LogP contribution in [0.4, 0.5) is 0 Å². The zero-order valence-electron chi connectivity index (χ0n) is 11.8. The van der Waals surface area contributed by atoms with Crippen LogP contribution in [0.1, 0.15) is 61.6 Å². The van der Waals surface area contributed by atoms with Crippen LogP contribution in [0.5, 0.6) is 0 Å². The summed E-state index contributed by atoms with van der Waals surface area (Å²) in [5, 5.41) is 15.4. The maximum atomic E-state index is 10.7. The van der Waals surface area contributed by atoms with Crippen molar-refractivity contribution in [2.24, 2.45) is 0 Å². The van der Waals surface area contributed by atoms with Crippen molar-refractivity contribution in [3.63, 3.8) is 0 Å². The molecule has 1 N–H and O–H groups in total. The summed E-state index contributed by atoms with van der Waals surface area (Å²) < 4.78 is 1.79. The van der Waals surface area contributed by atoms with Crippen LogP contribution in [0.2, 0.25) is 5.02 Å². The monoisotopic (exact) mass is 290 g/mol. The molecule has 0 saturated heterocycles. The van der Waals surface area contributed by atoms with E-state index in [2.05, 4.69) is 17.2 Å². The molecule has 0 amide bonds. The van der Waals surface area contributed by atoms with Crippen molar-refractivity contribution in [1.82, 2.24) is 9.78 Å². The highest BCUT2D eigenvalue weighted by Gasteiger charge is 2.26. The van der Waals surface area contributed by atoms with E-state index in [0.29, 0.717) is 16.6 Å². The van der Waals surface area contributed by atoms with Gasteiger partial charge < -0.3 is 5.11 Å². The maximum Gasteiger partial charge on any atom is 0.122 e. The van der Waals surface area contributed by atoms with Gasteiger partial charge in [-0.3, -0.25) is 4.68 Å². The molecule has 3 nitrogen and oxygen atoms in total. The number of aromatic nitrogens is 2. The number of hydrogen-bond donors (Lipinski definition) is 1. The Morgan fingerprint density at radius 2 is 2.10 bits per heavy atom. The van der Waals surface area contributed by atoms with E-state index < -0.39 is 6.10 Å².